The van der Waals surface area contributed by atoms with Gasteiger partial charge in [0, 0.05) is 19.5 Å². The Labute approximate surface area is 129 Å². The van der Waals surface area contributed by atoms with Crippen LogP contribution in [0.5, 0.6) is 0 Å². The Morgan fingerprint density at radius 1 is 1.25 bits per heavy atom. The predicted molar refractivity (Wildman–Crippen MR) is 70.9 cm³/mol. The van der Waals surface area contributed by atoms with Crippen molar-refractivity contribution in [1.82, 2.24) is 0 Å². The van der Waals surface area contributed by atoms with Crippen LogP contribution in [0.1, 0.15) is 33.6 Å². The zero-order valence-electron chi connectivity index (χ0n) is 10.4. The summed E-state index contributed by atoms with van der Waals surface area (Å²) in [7, 11) is -0.250. The predicted octanol–water partition coefficient (Wildman–Crippen LogP) is 2.70. The van der Waals surface area contributed by atoms with Crippen LogP contribution in [0.3, 0.4) is 0 Å². The summed E-state index contributed by atoms with van der Waals surface area (Å²) >= 11 is 0. The molecule has 0 aromatic heterocycles. The number of hydrogen-bond acceptors (Lipinski definition) is 2. The molecule has 88 valence electrons. The molecule has 1 heterocycles. The van der Waals surface area contributed by atoms with Gasteiger partial charge in [-0.2, -0.15) is 0 Å². The van der Waals surface area contributed by atoms with Crippen molar-refractivity contribution < 1.29 is 28.8 Å². The number of halogens is 1. The van der Waals surface area contributed by atoms with Gasteiger partial charge in [0.05, 0.1) is 11.7 Å². The summed E-state index contributed by atoms with van der Waals surface area (Å²) in [6, 6.07) is 0. The third kappa shape index (κ3) is 1.76. The van der Waals surface area contributed by atoms with Gasteiger partial charge in [0.15, 0.2) is 0 Å². The molecule has 1 saturated heterocycles. The molecule has 4 rings (SSSR count). The minimum atomic E-state index is -0.250. The Bertz CT molecular complexity index is 289. The molecule has 0 unspecified atom stereocenters. The molecular weight excluding hydrogens is 367 g/mol. The molecule has 0 spiro atoms. The molecule has 3 aliphatic carbocycles. The van der Waals surface area contributed by atoms with Crippen molar-refractivity contribution in [2.45, 2.75) is 45.3 Å². The molecule has 0 amide bonds. The van der Waals surface area contributed by atoms with E-state index in [0.717, 1.165) is 12.3 Å². The summed E-state index contributed by atoms with van der Waals surface area (Å²) in [5.74, 6) is 1.49. The molecule has 2 bridgehead atoms. The first kappa shape index (κ1) is 15.4. The van der Waals surface area contributed by atoms with Gasteiger partial charge in [0.2, 0.25) is 0 Å². The Balaban J connectivity index is 0.000000640. The first-order valence-corrected chi connectivity index (χ1v) is 5.61. The molecule has 2 nitrogen and oxygen atoms in total. The Morgan fingerprint density at radius 2 is 1.88 bits per heavy atom. The maximum absolute atomic E-state index is 5.91. The van der Waals surface area contributed by atoms with Gasteiger partial charge in [-0.3, -0.25) is 0 Å². The first-order valence-electron chi connectivity index (χ1n) is 5.61. The van der Waals surface area contributed by atoms with Crippen LogP contribution in [0.4, 0.5) is 0 Å². The quantitative estimate of drug-likeness (QED) is 0.362. The molecule has 4 atom stereocenters. The average molecular weight is 386 g/mol. The zero-order valence-corrected chi connectivity index (χ0v) is 15.7. The smallest absolute Gasteiger partial charge is 0.273 e. The Hall–Kier alpha value is 1.34. The van der Waals surface area contributed by atoms with E-state index in [9.17, 15) is 0 Å². The number of rotatable bonds is 0. The van der Waals surface area contributed by atoms with Gasteiger partial charge in [-0.25, -0.2) is 0 Å². The molecule has 0 radical (unpaired) electrons. The van der Waals surface area contributed by atoms with Crippen LogP contribution in [-0.4, -0.2) is 18.8 Å². The molecule has 0 aromatic rings. The molecular formula is C11H19BIO2Zn-. The summed E-state index contributed by atoms with van der Waals surface area (Å²) in [4.78, 5) is 0. The second-order valence-electron chi connectivity index (χ2n) is 5.90. The summed E-state index contributed by atoms with van der Waals surface area (Å²) in [5.41, 5.74) is 0.378. The maximum Gasteiger partial charge on any atom is 0.273 e. The van der Waals surface area contributed by atoms with Crippen LogP contribution in [0, 0.1) is 24.1 Å². The summed E-state index contributed by atoms with van der Waals surface area (Å²) < 4.78 is 11.6. The third-order valence-corrected chi connectivity index (χ3v) is 5.00. The summed E-state index contributed by atoms with van der Waals surface area (Å²) in [6.45, 7) is 10.8. The second kappa shape index (κ2) is 4.47. The number of hydrogen-bond donors (Lipinski definition) is 0. The van der Waals surface area contributed by atoms with Gasteiger partial charge in [0.1, 0.15) is 0 Å². The van der Waals surface area contributed by atoms with E-state index in [1.54, 1.807) is 0 Å². The zero-order chi connectivity index (χ0) is 10.1. The topological polar surface area (TPSA) is 18.5 Å². The minimum absolute atomic E-state index is 0. The summed E-state index contributed by atoms with van der Waals surface area (Å²) in [6.07, 6.45) is 2.77. The maximum atomic E-state index is 5.91. The van der Waals surface area contributed by atoms with E-state index in [1.165, 1.54) is 6.42 Å². The molecule has 16 heavy (non-hydrogen) atoms. The van der Waals surface area contributed by atoms with E-state index < -0.39 is 0 Å². The van der Waals surface area contributed by atoms with Gasteiger partial charge in [-0.05, 0) is 37.0 Å². The Kier molecular flexibility index (Phi) is 4.30. The molecule has 4 fully saturated rings. The minimum Gasteiger partial charge on any atom is -0.432 e. The van der Waals surface area contributed by atoms with Crippen molar-refractivity contribution in [3.8, 4) is 0 Å². The third-order valence-electron chi connectivity index (χ3n) is 5.00. The van der Waals surface area contributed by atoms with E-state index in [1.807, 2.05) is 0 Å². The molecule has 4 aliphatic rings. The molecule has 5 heteroatoms. The fourth-order valence-electron chi connectivity index (χ4n) is 3.95. The normalized spacial score (nSPS) is 47.2. The van der Waals surface area contributed by atoms with Crippen LogP contribution in [-0.2, 0) is 28.8 Å². The van der Waals surface area contributed by atoms with Gasteiger partial charge < -0.3 is 16.1 Å². The van der Waals surface area contributed by atoms with E-state index in [4.69, 9.17) is 9.31 Å². The van der Waals surface area contributed by atoms with Crippen LogP contribution in [0.25, 0.3) is 0 Å². The largest absolute Gasteiger partial charge is 0.432 e. The second-order valence-corrected chi connectivity index (χ2v) is 5.90. The van der Waals surface area contributed by atoms with Crippen LogP contribution in [0.2, 0.25) is 0 Å². The van der Waals surface area contributed by atoms with E-state index in [0.29, 0.717) is 17.4 Å². The fourth-order valence-corrected chi connectivity index (χ4v) is 3.95. The molecule has 1 aliphatic heterocycles. The van der Waals surface area contributed by atoms with E-state index >= 15 is 0 Å². The average Bonchev–Trinajstić information content (AvgIpc) is 2.37. The standard InChI is InChI=1S/C11H18BO2.HI.Zn/c1-10(2)7-5-8(10)11(3)9(6-7)13-12(4)14-11;;/h7-9H,4-6H2,1-3H3;1H;/q-1;;/t7-,8-,9+,11-;;/m0../s1. The summed E-state index contributed by atoms with van der Waals surface area (Å²) in [5, 5.41) is 0. The van der Waals surface area contributed by atoms with Gasteiger partial charge >= 0.3 is 0 Å². The van der Waals surface area contributed by atoms with Crippen molar-refractivity contribution in [3.05, 3.63) is 6.82 Å². The van der Waals surface area contributed by atoms with Crippen molar-refractivity contribution in [1.29, 1.82) is 0 Å². The molecule has 3 saturated carbocycles. The van der Waals surface area contributed by atoms with Gasteiger partial charge in [-0.1, -0.05) is 13.8 Å². The first-order chi connectivity index (χ1) is 6.44. The van der Waals surface area contributed by atoms with Crippen molar-refractivity contribution in [2.24, 2.45) is 17.3 Å². The monoisotopic (exact) mass is 385 g/mol. The van der Waals surface area contributed by atoms with Crippen molar-refractivity contribution in [2.75, 3.05) is 0 Å². The van der Waals surface area contributed by atoms with Crippen molar-refractivity contribution in [3.63, 3.8) is 0 Å². The Morgan fingerprint density at radius 3 is 2.44 bits per heavy atom. The van der Waals surface area contributed by atoms with Crippen molar-refractivity contribution >= 4 is 31.1 Å². The van der Waals surface area contributed by atoms with Gasteiger partial charge in [0.25, 0.3) is 7.12 Å². The molecule has 0 aromatic carbocycles. The molecule has 0 N–H and O–H groups in total. The van der Waals surface area contributed by atoms with Crippen LogP contribution in [0.15, 0.2) is 0 Å². The van der Waals surface area contributed by atoms with Crippen LogP contribution < -0.4 is 0 Å². The fraction of sp³-hybridized carbons (Fsp3) is 0.909. The SMILES string of the molecule is I.[CH2-]B1O[C@@H]2C[C@@H]3C[C@@H](C3(C)C)[C@]2(C)O1.[Zn]. The van der Waals surface area contributed by atoms with Crippen LogP contribution >= 0.6 is 24.0 Å². The van der Waals surface area contributed by atoms with Gasteiger partial charge in [-0.15, -0.1) is 24.0 Å². The van der Waals surface area contributed by atoms with E-state index in [-0.39, 0.29) is 56.2 Å². The van der Waals surface area contributed by atoms with E-state index in [2.05, 4.69) is 27.6 Å².